The van der Waals surface area contributed by atoms with Gasteiger partial charge in [-0.3, -0.25) is 4.79 Å². The van der Waals surface area contributed by atoms with Gasteiger partial charge >= 0.3 is 5.97 Å². The van der Waals surface area contributed by atoms with Gasteiger partial charge in [-0.2, -0.15) is 5.26 Å². The van der Waals surface area contributed by atoms with Crippen molar-refractivity contribution in [1.82, 2.24) is 4.98 Å². The van der Waals surface area contributed by atoms with Crippen LogP contribution in [0.1, 0.15) is 39.6 Å². The van der Waals surface area contributed by atoms with Crippen LogP contribution in [0.15, 0.2) is 66.7 Å². The first-order valence-electron chi connectivity index (χ1n) is 11.3. The zero-order valence-corrected chi connectivity index (χ0v) is 20.7. The van der Waals surface area contributed by atoms with Crippen molar-refractivity contribution in [3.05, 3.63) is 99.7 Å². The van der Waals surface area contributed by atoms with E-state index in [0.29, 0.717) is 27.8 Å². The lowest BCUT2D eigenvalue weighted by atomic mass is 9.96. The quantitative estimate of drug-likeness (QED) is 0.298. The van der Waals surface area contributed by atoms with Gasteiger partial charge in [0, 0.05) is 27.3 Å². The smallest absolute Gasteiger partial charge is 0.304 e. The molecule has 1 unspecified atom stereocenters. The van der Waals surface area contributed by atoms with E-state index in [1.54, 1.807) is 6.07 Å². The summed E-state index contributed by atoms with van der Waals surface area (Å²) in [6.45, 7) is 0.542. The van der Waals surface area contributed by atoms with Gasteiger partial charge < -0.3 is 14.6 Å². The third-order valence-electron chi connectivity index (χ3n) is 5.95. The monoisotopic (exact) mass is 516 g/mol. The molecule has 0 bridgehead atoms. The molecule has 6 nitrogen and oxygen atoms in total. The number of carbonyl (C=O) groups is 1. The third-order valence-corrected chi connectivity index (χ3v) is 7.47. The van der Waals surface area contributed by atoms with Crippen molar-refractivity contribution in [3.63, 3.8) is 0 Å². The Labute approximate surface area is 217 Å². The molecule has 0 aliphatic carbocycles. The second-order valence-electron chi connectivity index (χ2n) is 8.30. The second-order valence-corrected chi connectivity index (χ2v) is 9.95. The summed E-state index contributed by atoms with van der Waals surface area (Å²) < 4.78 is 12.2. The summed E-state index contributed by atoms with van der Waals surface area (Å²) in [7, 11) is 0. The first kappa shape index (κ1) is 24.0. The Morgan fingerprint density at radius 3 is 2.86 bits per heavy atom. The van der Waals surface area contributed by atoms with Crippen LogP contribution in [-0.4, -0.2) is 21.8 Å². The van der Waals surface area contributed by atoms with Crippen LogP contribution in [-0.2, 0) is 18.0 Å². The topological polar surface area (TPSA) is 92.4 Å². The Morgan fingerprint density at radius 1 is 1.17 bits per heavy atom. The maximum absolute atomic E-state index is 11.2. The van der Waals surface area contributed by atoms with Gasteiger partial charge in [-0.15, -0.1) is 11.8 Å². The Kier molecular flexibility index (Phi) is 6.99. The molecule has 0 saturated carbocycles. The van der Waals surface area contributed by atoms with Crippen LogP contribution in [0, 0.1) is 11.3 Å². The predicted octanol–water partition coefficient (Wildman–Crippen LogP) is 6.53. The number of nitriles is 1. The molecule has 0 saturated heterocycles. The summed E-state index contributed by atoms with van der Waals surface area (Å²) in [6.07, 6.45) is 0.0402. The Morgan fingerprint density at radius 2 is 2.03 bits per heavy atom. The molecule has 5 rings (SSSR count). The number of carboxylic acid groups (broad SMARTS) is 1. The average molecular weight is 517 g/mol. The minimum atomic E-state index is -0.847. The highest BCUT2D eigenvalue weighted by molar-refractivity contribution is 7.99. The fourth-order valence-corrected chi connectivity index (χ4v) is 5.66. The summed E-state index contributed by atoms with van der Waals surface area (Å²) in [6, 6.07) is 23.0. The molecule has 1 atom stereocenters. The number of hydrogen-bond donors (Lipinski definition) is 1. The number of fused-ring (bicyclic) bond motifs is 3. The van der Waals surface area contributed by atoms with E-state index in [4.69, 9.17) is 26.2 Å². The van der Waals surface area contributed by atoms with Gasteiger partial charge in [-0.25, -0.2) is 4.98 Å². The Balaban J connectivity index is 1.44. The van der Waals surface area contributed by atoms with E-state index in [1.807, 2.05) is 60.7 Å². The third kappa shape index (κ3) is 5.11. The van der Waals surface area contributed by atoms with Crippen molar-refractivity contribution in [3.8, 4) is 17.6 Å². The lowest BCUT2D eigenvalue weighted by Gasteiger charge is -2.19. The lowest BCUT2D eigenvalue weighted by Crippen LogP contribution is -2.04. The zero-order chi connectivity index (χ0) is 25.1. The van der Waals surface area contributed by atoms with E-state index in [0.717, 1.165) is 33.3 Å². The largest absolute Gasteiger partial charge is 0.489 e. The van der Waals surface area contributed by atoms with Gasteiger partial charge in [-0.1, -0.05) is 35.9 Å². The highest BCUT2D eigenvalue weighted by atomic mass is 35.5. The first-order chi connectivity index (χ1) is 17.5. The molecule has 4 aromatic rings. The van der Waals surface area contributed by atoms with Gasteiger partial charge in [0.05, 0.1) is 34.5 Å². The summed E-state index contributed by atoms with van der Waals surface area (Å²) in [5.41, 5.74) is 4.79. The van der Waals surface area contributed by atoms with E-state index in [9.17, 15) is 10.1 Å². The zero-order valence-electron chi connectivity index (χ0n) is 19.1. The van der Waals surface area contributed by atoms with E-state index in [-0.39, 0.29) is 24.9 Å². The van der Waals surface area contributed by atoms with E-state index in [1.165, 1.54) is 11.8 Å². The second kappa shape index (κ2) is 10.5. The van der Waals surface area contributed by atoms with Gasteiger partial charge in [0.1, 0.15) is 24.7 Å². The van der Waals surface area contributed by atoms with E-state index < -0.39 is 5.97 Å². The van der Waals surface area contributed by atoms with Crippen molar-refractivity contribution in [2.75, 3.05) is 5.75 Å². The number of rotatable bonds is 7. The Bertz CT molecular complexity index is 1500. The van der Waals surface area contributed by atoms with Crippen LogP contribution >= 0.6 is 23.4 Å². The van der Waals surface area contributed by atoms with Crippen LogP contribution in [0.5, 0.6) is 11.5 Å². The highest BCUT2D eigenvalue weighted by Gasteiger charge is 2.27. The molecule has 0 amide bonds. The van der Waals surface area contributed by atoms with Crippen molar-refractivity contribution in [2.45, 2.75) is 24.9 Å². The highest BCUT2D eigenvalue weighted by Crippen LogP contribution is 2.46. The Hall–Kier alpha value is -3.73. The number of hydrogen-bond acceptors (Lipinski definition) is 6. The molecule has 0 radical (unpaired) electrons. The number of benzene rings is 3. The van der Waals surface area contributed by atoms with Crippen molar-refractivity contribution in [2.24, 2.45) is 0 Å². The molecular formula is C28H21ClN2O4S. The number of nitrogens with zero attached hydrogens (tertiary/aromatic N) is 2. The summed E-state index contributed by atoms with van der Waals surface area (Å²) in [5, 5.41) is 20.2. The fourth-order valence-electron chi connectivity index (χ4n) is 4.20. The lowest BCUT2D eigenvalue weighted by molar-refractivity contribution is -0.136. The van der Waals surface area contributed by atoms with Crippen LogP contribution in [0.4, 0.5) is 0 Å². The SMILES string of the molecule is N#Cc1cccc2c1COc1ccc(OCc3ccc4ccc(Cl)cc4n3)cc1C2SCCC(=O)O. The number of ether oxygens (including phenoxy) is 2. The van der Waals surface area contributed by atoms with Gasteiger partial charge in [0.2, 0.25) is 0 Å². The maximum atomic E-state index is 11.2. The molecule has 1 aliphatic heterocycles. The van der Waals surface area contributed by atoms with E-state index >= 15 is 0 Å². The number of aliphatic carboxylic acids is 1. The predicted molar refractivity (Wildman–Crippen MR) is 140 cm³/mol. The average Bonchev–Trinajstić information content (AvgIpc) is 3.03. The minimum Gasteiger partial charge on any atom is -0.489 e. The van der Waals surface area contributed by atoms with Crippen molar-refractivity contribution < 1.29 is 19.4 Å². The summed E-state index contributed by atoms with van der Waals surface area (Å²) >= 11 is 7.63. The van der Waals surface area contributed by atoms with Crippen LogP contribution in [0.2, 0.25) is 5.02 Å². The maximum Gasteiger partial charge on any atom is 0.304 e. The molecule has 8 heteroatoms. The van der Waals surface area contributed by atoms with Crippen molar-refractivity contribution >= 4 is 40.2 Å². The molecule has 0 fully saturated rings. The molecule has 1 aliphatic rings. The summed E-state index contributed by atoms with van der Waals surface area (Å²) in [5.74, 6) is 0.910. The molecular weight excluding hydrogens is 496 g/mol. The minimum absolute atomic E-state index is 0.0402. The van der Waals surface area contributed by atoms with Crippen LogP contribution < -0.4 is 9.47 Å². The number of pyridine rings is 1. The van der Waals surface area contributed by atoms with Crippen LogP contribution in [0.25, 0.3) is 10.9 Å². The number of aromatic nitrogens is 1. The van der Waals surface area contributed by atoms with Gasteiger partial charge in [0.15, 0.2) is 0 Å². The van der Waals surface area contributed by atoms with Crippen LogP contribution in [0.3, 0.4) is 0 Å². The summed E-state index contributed by atoms with van der Waals surface area (Å²) in [4.78, 5) is 15.8. The fraction of sp³-hybridized carbons (Fsp3) is 0.179. The molecule has 1 N–H and O–H groups in total. The molecule has 0 spiro atoms. The van der Waals surface area contributed by atoms with Crippen molar-refractivity contribution in [1.29, 1.82) is 5.26 Å². The van der Waals surface area contributed by atoms with Gasteiger partial charge in [-0.05, 0) is 48.0 Å². The standard InChI is InChI=1S/C28H21ClN2O4S/c29-19-6-4-17-5-7-20(31-25(17)12-19)15-34-21-8-9-26-23(13-21)28(36-11-10-27(32)33)22-3-1-2-18(14-30)24(22)16-35-26/h1-9,12-13,28H,10-11,15-16H2,(H,32,33). The number of carboxylic acids is 1. The number of halogens is 1. The number of thioether (sulfide) groups is 1. The van der Waals surface area contributed by atoms with Gasteiger partial charge in [0.25, 0.3) is 0 Å². The molecule has 3 aromatic carbocycles. The normalized spacial score (nSPS) is 14.2. The first-order valence-corrected chi connectivity index (χ1v) is 12.7. The van der Waals surface area contributed by atoms with E-state index in [2.05, 4.69) is 11.1 Å². The molecule has 1 aromatic heterocycles. The molecule has 180 valence electrons. The molecule has 36 heavy (non-hydrogen) atoms. The molecule has 2 heterocycles.